The fourth-order valence-corrected chi connectivity index (χ4v) is 4.00. The third-order valence-corrected chi connectivity index (χ3v) is 5.37. The summed E-state index contributed by atoms with van der Waals surface area (Å²) in [6, 6.07) is 9.14. The quantitative estimate of drug-likeness (QED) is 0.782. The smallest absolute Gasteiger partial charge is 0.279 e. The van der Waals surface area contributed by atoms with E-state index in [4.69, 9.17) is 5.73 Å². The Kier molecular flexibility index (Phi) is 4.45. The van der Waals surface area contributed by atoms with Crippen LogP contribution >= 0.6 is 11.3 Å². The van der Waals surface area contributed by atoms with Gasteiger partial charge in [0.15, 0.2) is 6.54 Å². The van der Waals surface area contributed by atoms with E-state index in [9.17, 15) is 9.59 Å². The van der Waals surface area contributed by atoms with E-state index < -0.39 is 5.91 Å². The topological polar surface area (TPSA) is 76.6 Å². The van der Waals surface area contributed by atoms with Crippen LogP contribution in [0.2, 0.25) is 0 Å². The van der Waals surface area contributed by atoms with Gasteiger partial charge in [0.1, 0.15) is 6.04 Å². The van der Waals surface area contributed by atoms with Gasteiger partial charge in [-0.3, -0.25) is 9.59 Å². The summed E-state index contributed by atoms with van der Waals surface area (Å²) in [5.74, 6) is -0.488. The van der Waals surface area contributed by atoms with E-state index >= 15 is 0 Å². The minimum Gasteiger partial charge on any atom is -0.366 e. The Bertz CT molecular complexity index is 724. The molecule has 120 valence electrons. The third kappa shape index (κ3) is 3.43. The van der Waals surface area contributed by atoms with Gasteiger partial charge in [-0.25, -0.2) is 0 Å². The highest BCUT2D eigenvalue weighted by molar-refractivity contribution is 7.10. The summed E-state index contributed by atoms with van der Waals surface area (Å²) in [5.41, 5.74) is 7.69. The van der Waals surface area contributed by atoms with Gasteiger partial charge in [0.05, 0.1) is 6.54 Å². The molecule has 2 amide bonds. The highest BCUT2D eigenvalue weighted by Gasteiger charge is 2.29. The van der Waals surface area contributed by atoms with Gasteiger partial charge in [0, 0.05) is 28.1 Å². The summed E-state index contributed by atoms with van der Waals surface area (Å²) in [5, 5.41) is 5.01. The summed E-state index contributed by atoms with van der Waals surface area (Å²) in [6.45, 7) is 3.59. The molecule has 0 spiro atoms. The number of rotatable bonds is 4. The molecule has 4 N–H and O–H groups in total. The Hall–Kier alpha value is -2.18. The van der Waals surface area contributed by atoms with Crippen molar-refractivity contribution in [2.24, 2.45) is 5.73 Å². The number of thiophene rings is 1. The van der Waals surface area contributed by atoms with Crippen molar-refractivity contribution < 1.29 is 14.5 Å². The number of amides is 2. The lowest BCUT2D eigenvalue weighted by Gasteiger charge is -2.29. The van der Waals surface area contributed by atoms with Gasteiger partial charge in [-0.2, -0.15) is 0 Å². The second kappa shape index (κ2) is 6.52. The predicted octanol–water partition coefficient (Wildman–Crippen LogP) is 0.988. The van der Waals surface area contributed by atoms with Crippen LogP contribution in [0.1, 0.15) is 33.8 Å². The summed E-state index contributed by atoms with van der Waals surface area (Å²) >= 11 is 1.80. The standard InChI is InChI=1S/C17H19N3O2S/c1-11-14-7-9-23-15(14)6-8-20(11)10-16(21)19-13-4-2-12(3-5-13)17(18)22/h2-5,7,9,11H,6,8,10H2,1H3,(H2,18,22)(H,19,21)/p+1/t11-/m0/s1. The second-order valence-corrected chi connectivity index (χ2v) is 6.85. The molecule has 2 heterocycles. The molecule has 0 fully saturated rings. The van der Waals surface area contributed by atoms with Gasteiger partial charge >= 0.3 is 0 Å². The molecule has 0 aliphatic carbocycles. The molecule has 5 nitrogen and oxygen atoms in total. The SMILES string of the molecule is C[C@H]1c2ccsc2CC[NH+]1CC(=O)Nc1ccc(C(N)=O)cc1. The zero-order valence-electron chi connectivity index (χ0n) is 13.0. The fraction of sp³-hybridized carbons (Fsp3) is 0.294. The zero-order valence-corrected chi connectivity index (χ0v) is 13.8. The van der Waals surface area contributed by atoms with E-state index in [1.165, 1.54) is 15.3 Å². The lowest BCUT2D eigenvalue weighted by molar-refractivity contribution is -0.923. The van der Waals surface area contributed by atoms with Crippen molar-refractivity contribution >= 4 is 28.8 Å². The summed E-state index contributed by atoms with van der Waals surface area (Å²) in [6.07, 6.45) is 1.03. The van der Waals surface area contributed by atoms with Gasteiger partial charge in [0.2, 0.25) is 5.91 Å². The van der Waals surface area contributed by atoms with Crippen molar-refractivity contribution in [2.75, 3.05) is 18.4 Å². The van der Waals surface area contributed by atoms with E-state index in [2.05, 4.69) is 23.7 Å². The van der Waals surface area contributed by atoms with E-state index in [0.717, 1.165) is 13.0 Å². The number of nitrogens with one attached hydrogen (secondary N) is 2. The van der Waals surface area contributed by atoms with Crippen molar-refractivity contribution in [3.05, 3.63) is 51.7 Å². The molecule has 6 heteroatoms. The number of quaternary nitrogens is 1. The molecular formula is C17H20N3O2S+. The Balaban J connectivity index is 1.60. The molecule has 1 aliphatic heterocycles. The third-order valence-electron chi connectivity index (χ3n) is 4.37. The average molecular weight is 330 g/mol. The Morgan fingerprint density at radius 1 is 1.30 bits per heavy atom. The molecule has 1 aromatic carbocycles. The number of benzene rings is 1. The van der Waals surface area contributed by atoms with Crippen LogP contribution in [-0.2, 0) is 11.2 Å². The van der Waals surface area contributed by atoms with Crippen LogP contribution in [0.25, 0.3) is 0 Å². The van der Waals surface area contributed by atoms with Gasteiger partial charge < -0.3 is 16.0 Å². The first kappa shape index (κ1) is 15.7. The number of carbonyl (C=O) groups excluding carboxylic acids is 2. The lowest BCUT2D eigenvalue weighted by atomic mass is 10.0. The van der Waals surface area contributed by atoms with Crippen LogP contribution in [-0.4, -0.2) is 24.9 Å². The lowest BCUT2D eigenvalue weighted by Crippen LogP contribution is -3.14. The molecule has 1 unspecified atom stereocenters. The number of hydrogen-bond acceptors (Lipinski definition) is 3. The fourth-order valence-electron chi connectivity index (χ4n) is 3.02. The van der Waals surface area contributed by atoms with Crippen LogP contribution in [0.4, 0.5) is 5.69 Å². The number of hydrogen-bond donors (Lipinski definition) is 3. The first-order valence-electron chi connectivity index (χ1n) is 7.65. The number of primary amides is 1. The molecule has 2 atom stereocenters. The van der Waals surface area contributed by atoms with Crippen LogP contribution in [0.5, 0.6) is 0 Å². The Morgan fingerprint density at radius 3 is 2.74 bits per heavy atom. The van der Waals surface area contributed by atoms with Gasteiger partial charge in [-0.1, -0.05) is 0 Å². The molecule has 0 bridgehead atoms. The monoisotopic (exact) mass is 330 g/mol. The van der Waals surface area contributed by atoms with E-state index in [-0.39, 0.29) is 5.91 Å². The molecule has 0 saturated carbocycles. The second-order valence-electron chi connectivity index (χ2n) is 5.85. The van der Waals surface area contributed by atoms with Crippen LogP contribution in [0.3, 0.4) is 0 Å². The van der Waals surface area contributed by atoms with Gasteiger partial charge in [-0.05, 0) is 42.6 Å². The van der Waals surface area contributed by atoms with Crippen molar-refractivity contribution in [1.29, 1.82) is 0 Å². The van der Waals surface area contributed by atoms with Crippen LogP contribution < -0.4 is 16.0 Å². The van der Waals surface area contributed by atoms with Gasteiger partial charge in [0.25, 0.3) is 5.91 Å². The van der Waals surface area contributed by atoms with Crippen LogP contribution in [0.15, 0.2) is 35.7 Å². The number of nitrogens with two attached hydrogens (primary N) is 1. The predicted molar refractivity (Wildman–Crippen MR) is 90.7 cm³/mol. The molecule has 0 saturated heterocycles. The summed E-state index contributed by atoms with van der Waals surface area (Å²) in [7, 11) is 0. The number of anilines is 1. The largest absolute Gasteiger partial charge is 0.366 e. The number of carbonyl (C=O) groups is 2. The normalized spacial score (nSPS) is 19.9. The Labute approximate surface area is 139 Å². The van der Waals surface area contributed by atoms with Gasteiger partial charge in [-0.15, -0.1) is 11.3 Å². The summed E-state index contributed by atoms with van der Waals surface area (Å²) < 4.78 is 0. The van der Waals surface area contributed by atoms with Crippen molar-refractivity contribution in [1.82, 2.24) is 0 Å². The molecule has 1 aromatic heterocycles. The maximum atomic E-state index is 12.3. The van der Waals surface area contributed by atoms with E-state index in [1.807, 2.05) is 0 Å². The first-order valence-corrected chi connectivity index (χ1v) is 8.53. The minimum absolute atomic E-state index is 0.0163. The molecule has 23 heavy (non-hydrogen) atoms. The van der Waals surface area contributed by atoms with Crippen molar-refractivity contribution in [3.63, 3.8) is 0 Å². The average Bonchev–Trinajstić information content (AvgIpc) is 3.00. The highest BCUT2D eigenvalue weighted by Crippen LogP contribution is 2.24. The van der Waals surface area contributed by atoms with Crippen LogP contribution in [0, 0.1) is 0 Å². The first-order chi connectivity index (χ1) is 11.0. The Morgan fingerprint density at radius 2 is 2.04 bits per heavy atom. The minimum atomic E-state index is -0.471. The molecule has 0 radical (unpaired) electrons. The maximum absolute atomic E-state index is 12.3. The summed E-state index contributed by atoms with van der Waals surface area (Å²) in [4.78, 5) is 26.0. The van der Waals surface area contributed by atoms with E-state index in [0.29, 0.717) is 23.8 Å². The van der Waals surface area contributed by atoms with E-state index in [1.54, 1.807) is 35.6 Å². The number of fused-ring (bicyclic) bond motifs is 1. The molecular weight excluding hydrogens is 310 g/mol. The molecule has 2 aromatic rings. The zero-order chi connectivity index (χ0) is 16.4. The molecule has 1 aliphatic rings. The van der Waals surface area contributed by atoms with Crippen molar-refractivity contribution in [3.8, 4) is 0 Å². The molecule has 3 rings (SSSR count). The highest BCUT2D eigenvalue weighted by atomic mass is 32.1. The maximum Gasteiger partial charge on any atom is 0.279 e. The van der Waals surface area contributed by atoms with Crippen molar-refractivity contribution in [2.45, 2.75) is 19.4 Å².